The summed E-state index contributed by atoms with van der Waals surface area (Å²) in [4.78, 5) is 0.283. The molecule has 1 aromatic rings. The molecule has 0 unspecified atom stereocenters. The van der Waals surface area contributed by atoms with Crippen molar-refractivity contribution in [3.63, 3.8) is 0 Å². The van der Waals surface area contributed by atoms with Crippen LogP contribution >= 0.6 is 0 Å². The Kier molecular flexibility index (Phi) is 6.47. The lowest BCUT2D eigenvalue weighted by Crippen LogP contribution is -2.42. The standard InChI is InChI=1S/C13H15F6NO/c14-12(15,16)9-20(10-13(17,18)19)6-7-21-8-11-4-2-1-3-5-11/h1-5H,6-10H2. The highest BCUT2D eigenvalue weighted by Gasteiger charge is 2.37. The predicted molar refractivity (Wildman–Crippen MR) is 64.6 cm³/mol. The van der Waals surface area contributed by atoms with Gasteiger partial charge in [0.2, 0.25) is 0 Å². The Morgan fingerprint density at radius 3 is 1.86 bits per heavy atom. The zero-order valence-electron chi connectivity index (χ0n) is 11.0. The zero-order chi connectivity index (χ0) is 15.9. The number of benzene rings is 1. The molecule has 0 bridgehead atoms. The molecule has 0 aliphatic heterocycles. The van der Waals surface area contributed by atoms with Crippen LogP contribution < -0.4 is 0 Å². The van der Waals surface area contributed by atoms with E-state index in [0.29, 0.717) is 0 Å². The summed E-state index contributed by atoms with van der Waals surface area (Å²) in [5.74, 6) is 0. The second-order valence-corrected chi connectivity index (χ2v) is 4.48. The summed E-state index contributed by atoms with van der Waals surface area (Å²) in [5, 5.41) is 0. The van der Waals surface area contributed by atoms with Crippen LogP contribution in [0.25, 0.3) is 0 Å². The summed E-state index contributed by atoms with van der Waals surface area (Å²) < 4.78 is 78.3. The smallest absolute Gasteiger partial charge is 0.375 e. The SMILES string of the molecule is FC(F)(F)CN(CCOCc1ccccc1)CC(F)(F)F. The van der Waals surface area contributed by atoms with Gasteiger partial charge in [0.05, 0.1) is 26.3 Å². The van der Waals surface area contributed by atoms with Gasteiger partial charge >= 0.3 is 12.4 Å². The van der Waals surface area contributed by atoms with Gasteiger partial charge in [-0.2, -0.15) is 26.3 Å². The first-order valence-corrected chi connectivity index (χ1v) is 6.13. The molecule has 0 fully saturated rings. The minimum atomic E-state index is -4.68. The summed E-state index contributed by atoms with van der Waals surface area (Å²) in [6.07, 6.45) is -9.35. The largest absolute Gasteiger partial charge is 0.401 e. The van der Waals surface area contributed by atoms with E-state index >= 15 is 0 Å². The van der Waals surface area contributed by atoms with Gasteiger partial charge < -0.3 is 4.74 Å². The molecule has 0 saturated heterocycles. The summed E-state index contributed by atoms with van der Waals surface area (Å²) in [5.41, 5.74) is 0.802. The Hall–Kier alpha value is -1.28. The van der Waals surface area contributed by atoms with Gasteiger partial charge in [-0.05, 0) is 5.56 Å². The third-order valence-corrected chi connectivity index (χ3v) is 2.47. The second kappa shape index (κ2) is 7.65. The van der Waals surface area contributed by atoms with E-state index in [2.05, 4.69) is 0 Å². The van der Waals surface area contributed by atoms with Crippen LogP contribution in [-0.4, -0.2) is 43.5 Å². The third kappa shape index (κ3) is 9.30. The lowest BCUT2D eigenvalue weighted by atomic mass is 10.2. The molecule has 0 heterocycles. The first kappa shape index (κ1) is 17.8. The fourth-order valence-corrected chi connectivity index (χ4v) is 1.68. The molecule has 0 aliphatic rings. The highest BCUT2D eigenvalue weighted by Crippen LogP contribution is 2.21. The minimum Gasteiger partial charge on any atom is -0.375 e. The van der Waals surface area contributed by atoms with E-state index in [4.69, 9.17) is 4.74 Å². The van der Waals surface area contributed by atoms with Gasteiger partial charge in [-0.25, -0.2) is 0 Å². The summed E-state index contributed by atoms with van der Waals surface area (Å²) in [6, 6.07) is 8.82. The van der Waals surface area contributed by atoms with Gasteiger partial charge in [0.1, 0.15) is 0 Å². The summed E-state index contributed by atoms with van der Waals surface area (Å²) in [6.45, 7) is -3.72. The fourth-order valence-electron chi connectivity index (χ4n) is 1.68. The van der Waals surface area contributed by atoms with Gasteiger partial charge in [-0.3, -0.25) is 4.90 Å². The molecule has 1 aromatic carbocycles. The number of halogens is 6. The normalized spacial score (nSPS) is 12.9. The van der Waals surface area contributed by atoms with Gasteiger partial charge in [-0.15, -0.1) is 0 Å². The molecule has 1 rings (SSSR count). The Bertz CT molecular complexity index is 387. The van der Waals surface area contributed by atoms with Crippen molar-refractivity contribution in [3.05, 3.63) is 35.9 Å². The molecule has 0 spiro atoms. The molecule has 8 heteroatoms. The number of hydrogen-bond donors (Lipinski definition) is 0. The number of nitrogens with zero attached hydrogens (tertiary/aromatic N) is 1. The van der Waals surface area contributed by atoms with Crippen LogP contribution in [-0.2, 0) is 11.3 Å². The zero-order valence-corrected chi connectivity index (χ0v) is 11.0. The molecule has 0 radical (unpaired) electrons. The molecule has 0 amide bonds. The maximum absolute atomic E-state index is 12.2. The van der Waals surface area contributed by atoms with Crippen LogP contribution in [0.3, 0.4) is 0 Å². The predicted octanol–water partition coefficient (Wildman–Crippen LogP) is 3.63. The Labute approximate surface area is 118 Å². The van der Waals surface area contributed by atoms with Crippen LogP contribution in [0.15, 0.2) is 30.3 Å². The molecule has 0 saturated carbocycles. The topological polar surface area (TPSA) is 12.5 Å². The van der Waals surface area contributed by atoms with Crippen LogP contribution in [0.1, 0.15) is 5.56 Å². The van der Waals surface area contributed by atoms with Gasteiger partial charge in [0.25, 0.3) is 0 Å². The van der Waals surface area contributed by atoms with E-state index in [-0.39, 0.29) is 18.1 Å². The highest BCUT2D eigenvalue weighted by molar-refractivity contribution is 5.13. The average molecular weight is 315 g/mol. The molecular weight excluding hydrogens is 300 g/mol. The van der Waals surface area contributed by atoms with Crippen molar-refractivity contribution < 1.29 is 31.1 Å². The van der Waals surface area contributed by atoms with Gasteiger partial charge in [0, 0.05) is 6.54 Å². The van der Waals surface area contributed by atoms with Crippen molar-refractivity contribution in [1.82, 2.24) is 4.90 Å². The van der Waals surface area contributed by atoms with Crippen molar-refractivity contribution >= 4 is 0 Å². The molecule has 21 heavy (non-hydrogen) atoms. The molecule has 120 valence electrons. The minimum absolute atomic E-state index is 0.146. The number of hydrogen-bond acceptors (Lipinski definition) is 2. The van der Waals surface area contributed by atoms with Crippen LogP contribution in [0.4, 0.5) is 26.3 Å². The monoisotopic (exact) mass is 315 g/mol. The lowest BCUT2D eigenvalue weighted by Gasteiger charge is -2.24. The first-order chi connectivity index (χ1) is 9.66. The lowest BCUT2D eigenvalue weighted by molar-refractivity contribution is -0.181. The maximum atomic E-state index is 12.2. The van der Waals surface area contributed by atoms with Gasteiger partial charge in [0.15, 0.2) is 0 Å². The van der Waals surface area contributed by atoms with Crippen molar-refractivity contribution in [2.45, 2.75) is 19.0 Å². The van der Waals surface area contributed by atoms with Crippen LogP contribution in [0.5, 0.6) is 0 Å². The van der Waals surface area contributed by atoms with Crippen molar-refractivity contribution in [2.75, 3.05) is 26.2 Å². The van der Waals surface area contributed by atoms with Gasteiger partial charge in [-0.1, -0.05) is 30.3 Å². The van der Waals surface area contributed by atoms with Crippen molar-refractivity contribution in [3.8, 4) is 0 Å². The molecule has 0 aliphatic carbocycles. The van der Waals surface area contributed by atoms with E-state index in [1.54, 1.807) is 30.3 Å². The number of rotatable bonds is 7. The number of ether oxygens (including phenoxy) is 1. The van der Waals surface area contributed by atoms with E-state index in [1.165, 1.54) is 0 Å². The fraction of sp³-hybridized carbons (Fsp3) is 0.538. The van der Waals surface area contributed by atoms with Crippen LogP contribution in [0.2, 0.25) is 0 Å². The molecule has 0 aromatic heterocycles. The molecule has 0 N–H and O–H groups in total. The second-order valence-electron chi connectivity index (χ2n) is 4.48. The average Bonchev–Trinajstić information content (AvgIpc) is 2.32. The van der Waals surface area contributed by atoms with Crippen molar-refractivity contribution in [1.29, 1.82) is 0 Å². The van der Waals surface area contributed by atoms with Crippen molar-refractivity contribution in [2.24, 2.45) is 0 Å². The highest BCUT2D eigenvalue weighted by atomic mass is 19.4. The van der Waals surface area contributed by atoms with E-state index in [9.17, 15) is 26.3 Å². The maximum Gasteiger partial charge on any atom is 0.401 e. The quantitative estimate of drug-likeness (QED) is 0.563. The third-order valence-electron chi connectivity index (χ3n) is 2.47. The Balaban J connectivity index is 2.38. The first-order valence-electron chi connectivity index (χ1n) is 6.13. The number of alkyl halides is 6. The molecular formula is C13H15F6NO. The summed E-state index contributed by atoms with van der Waals surface area (Å²) in [7, 11) is 0. The molecule has 2 nitrogen and oxygen atoms in total. The summed E-state index contributed by atoms with van der Waals surface area (Å²) >= 11 is 0. The van der Waals surface area contributed by atoms with Crippen LogP contribution in [0, 0.1) is 0 Å². The van der Waals surface area contributed by atoms with E-state index in [1.807, 2.05) is 0 Å². The Morgan fingerprint density at radius 2 is 1.38 bits per heavy atom. The molecule has 0 atom stereocenters. The Morgan fingerprint density at radius 1 is 0.857 bits per heavy atom. The van der Waals surface area contributed by atoms with E-state index < -0.39 is 32.0 Å². The van der Waals surface area contributed by atoms with E-state index in [0.717, 1.165) is 5.56 Å².